The number of carbonyl (C=O) groups is 3. The Labute approximate surface area is 155 Å². The minimum absolute atomic E-state index is 0.0324. The molecule has 0 saturated heterocycles. The van der Waals surface area contributed by atoms with Gasteiger partial charge in [-0.2, -0.15) is 0 Å². The lowest BCUT2D eigenvalue weighted by atomic mass is 10.0. The smallest absolute Gasteiger partial charge is 0.246 e. The zero-order chi connectivity index (χ0) is 19.7. The van der Waals surface area contributed by atoms with E-state index < -0.39 is 6.04 Å². The number of benzene rings is 1. The van der Waals surface area contributed by atoms with Crippen molar-refractivity contribution in [3.63, 3.8) is 0 Å². The van der Waals surface area contributed by atoms with Crippen LogP contribution in [-0.4, -0.2) is 35.6 Å². The summed E-state index contributed by atoms with van der Waals surface area (Å²) < 4.78 is 0. The zero-order valence-corrected chi connectivity index (χ0v) is 15.8. The molecule has 1 heterocycles. The van der Waals surface area contributed by atoms with Gasteiger partial charge in [-0.25, -0.2) is 0 Å². The number of nitrogens with one attached hydrogen (secondary N) is 1. The second kappa shape index (κ2) is 10.5. The topological polar surface area (TPSA) is 92.5 Å². The normalized spacial score (nSPS) is 15.2. The zero-order valence-electron chi connectivity index (χ0n) is 15.8. The molecular formula is C20H29N3O3. The minimum atomic E-state index is -0.558. The Hall–Kier alpha value is -2.47. The van der Waals surface area contributed by atoms with Crippen molar-refractivity contribution >= 4 is 18.6 Å². The fourth-order valence-corrected chi connectivity index (χ4v) is 2.80. The van der Waals surface area contributed by atoms with Gasteiger partial charge in [0.1, 0.15) is 6.79 Å². The molecule has 0 radical (unpaired) electrons. The van der Waals surface area contributed by atoms with Gasteiger partial charge in [-0.1, -0.05) is 44.2 Å². The Bertz CT molecular complexity index is 616. The van der Waals surface area contributed by atoms with Gasteiger partial charge in [-0.3, -0.25) is 9.59 Å². The van der Waals surface area contributed by atoms with Gasteiger partial charge in [-0.15, -0.1) is 0 Å². The van der Waals surface area contributed by atoms with E-state index in [2.05, 4.69) is 31.3 Å². The highest BCUT2D eigenvalue weighted by Gasteiger charge is 2.21. The molecule has 0 saturated carbocycles. The van der Waals surface area contributed by atoms with Crippen LogP contribution >= 0.6 is 0 Å². The first-order valence-electron chi connectivity index (χ1n) is 8.75. The van der Waals surface area contributed by atoms with Crippen molar-refractivity contribution in [1.82, 2.24) is 10.2 Å². The summed E-state index contributed by atoms with van der Waals surface area (Å²) in [6.45, 7) is 9.09. The number of hydrogen-bond acceptors (Lipinski definition) is 4. The lowest BCUT2D eigenvalue weighted by Crippen LogP contribution is -2.43. The summed E-state index contributed by atoms with van der Waals surface area (Å²) in [5.41, 5.74) is 8.00. The maximum atomic E-state index is 12.4. The average Bonchev–Trinajstić information content (AvgIpc) is 3.04. The molecule has 1 aliphatic rings. The van der Waals surface area contributed by atoms with E-state index >= 15 is 0 Å². The van der Waals surface area contributed by atoms with E-state index in [-0.39, 0.29) is 17.9 Å². The van der Waals surface area contributed by atoms with E-state index in [1.165, 1.54) is 11.1 Å². The highest BCUT2D eigenvalue weighted by atomic mass is 16.2. The van der Waals surface area contributed by atoms with E-state index in [4.69, 9.17) is 10.5 Å². The third kappa shape index (κ3) is 6.44. The minimum Gasteiger partial charge on any atom is -0.349 e. The molecule has 6 nitrogen and oxygen atoms in total. The molecule has 2 amide bonds. The summed E-state index contributed by atoms with van der Waals surface area (Å²) in [5, 5.41) is 2.89. The summed E-state index contributed by atoms with van der Waals surface area (Å²) in [4.78, 5) is 34.1. The van der Waals surface area contributed by atoms with Crippen molar-refractivity contribution in [3.8, 4) is 0 Å². The maximum Gasteiger partial charge on any atom is 0.246 e. The maximum absolute atomic E-state index is 12.4. The Morgan fingerprint density at radius 2 is 1.73 bits per heavy atom. The standard InChI is InChI=1S/C19H27N3O2.CH2O/c1-13(2)10-17(21-19(24)14(3)20)8-9-18(23)22-11-15-6-4-5-7-16(15)12-22;1-2/h4-9,13-14,17H,10-12,20H2,1-3H3,(H,21,24);1H2/b9-8+;/t14-,17+;/m0./s1. The molecule has 0 unspecified atom stereocenters. The highest BCUT2D eigenvalue weighted by molar-refractivity contribution is 5.88. The predicted molar refractivity (Wildman–Crippen MR) is 102 cm³/mol. The van der Waals surface area contributed by atoms with Crippen LogP contribution in [0.3, 0.4) is 0 Å². The van der Waals surface area contributed by atoms with Crippen LogP contribution in [0.5, 0.6) is 0 Å². The van der Waals surface area contributed by atoms with Gasteiger partial charge in [-0.05, 0) is 30.4 Å². The summed E-state index contributed by atoms with van der Waals surface area (Å²) in [6, 6.07) is 7.35. The third-order valence-electron chi connectivity index (χ3n) is 4.09. The highest BCUT2D eigenvalue weighted by Crippen LogP contribution is 2.22. The van der Waals surface area contributed by atoms with Crippen LogP contribution in [0.15, 0.2) is 36.4 Å². The number of hydrogen-bond donors (Lipinski definition) is 2. The molecule has 0 bridgehead atoms. The van der Waals surface area contributed by atoms with Crippen LogP contribution in [0.2, 0.25) is 0 Å². The molecule has 1 aromatic rings. The monoisotopic (exact) mass is 359 g/mol. The van der Waals surface area contributed by atoms with Crippen LogP contribution < -0.4 is 11.1 Å². The Morgan fingerprint density at radius 1 is 1.19 bits per heavy atom. The van der Waals surface area contributed by atoms with Crippen LogP contribution in [0.4, 0.5) is 0 Å². The molecule has 0 aromatic heterocycles. The largest absolute Gasteiger partial charge is 0.349 e. The quantitative estimate of drug-likeness (QED) is 0.757. The van der Waals surface area contributed by atoms with Crippen molar-refractivity contribution < 1.29 is 14.4 Å². The van der Waals surface area contributed by atoms with E-state index in [0.717, 1.165) is 6.42 Å². The summed E-state index contributed by atoms with van der Waals surface area (Å²) >= 11 is 0. The number of nitrogens with two attached hydrogens (primary N) is 1. The van der Waals surface area contributed by atoms with Crippen LogP contribution in [-0.2, 0) is 27.5 Å². The van der Waals surface area contributed by atoms with E-state index in [1.54, 1.807) is 24.0 Å². The molecule has 3 N–H and O–H groups in total. The van der Waals surface area contributed by atoms with Gasteiger partial charge in [0.05, 0.1) is 6.04 Å². The average molecular weight is 359 g/mol. The molecular weight excluding hydrogens is 330 g/mol. The summed E-state index contributed by atoms with van der Waals surface area (Å²) in [7, 11) is 0. The van der Waals surface area contributed by atoms with Gasteiger partial charge in [0.25, 0.3) is 0 Å². The summed E-state index contributed by atoms with van der Waals surface area (Å²) in [5.74, 6) is 0.167. The van der Waals surface area contributed by atoms with Crippen LogP contribution in [0, 0.1) is 5.92 Å². The van der Waals surface area contributed by atoms with Crippen LogP contribution in [0.1, 0.15) is 38.3 Å². The van der Waals surface area contributed by atoms with Gasteiger partial charge < -0.3 is 20.7 Å². The molecule has 6 heteroatoms. The fourth-order valence-electron chi connectivity index (χ4n) is 2.80. The summed E-state index contributed by atoms with van der Waals surface area (Å²) in [6.07, 6.45) is 4.12. The van der Waals surface area contributed by atoms with Gasteiger partial charge in [0, 0.05) is 25.2 Å². The molecule has 0 aliphatic carbocycles. The number of carbonyl (C=O) groups excluding carboxylic acids is 3. The van der Waals surface area contributed by atoms with Crippen LogP contribution in [0.25, 0.3) is 0 Å². The van der Waals surface area contributed by atoms with Gasteiger partial charge >= 0.3 is 0 Å². The fraction of sp³-hybridized carbons (Fsp3) is 0.450. The lowest BCUT2D eigenvalue weighted by molar-refractivity contribution is -0.126. The Balaban J connectivity index is 0.00000163. The Morgan fingerprint density at radius 3 is 2.19 bits per heavy atom. The van der Waals surface area contributed by atoms with Gasteiger partial charge in [0.15, 0.2) is 0 Å². The van der Waals surface area contributed by atoms with Crippen molar-refractivity contribution in [3.05, 3.63) is 47.5 Å². The first-order chi connectivity index (χ1) is 12.4. The SMILES string of the molecule is C=O.CC(C)C[C@@H](/C=C/C(=O)N1Cc2ccccc2C1)NC(=O)[C@H](C)N. The molecule has 0 fully saturated rings. The first kappa shape index (κ1) is 21.6. The molecule has 0 spiro atoms. The van der Waals surface area contributed by atoms with Crippen molar-refractivity contribution in [1.29, 1.82) is 0 Å². The Kier molecular flexibility index (Phi) is 8.72. The number of amides is 2. The van der Waals surface area contributed by atoms with Gasteiger partial charge in [0.2, 0.25) is 11.8 Å². The molecule has 26 heavy (non-hydrogen) atoms. The van der Waals surface area contributed by atoms with Crippen molar-refractivity contribution in [2.45, 2.75) is 52.4 Å². The van der Waals surface area contributed by atoms with Crippen molar-refractivity contribution in [2.24, 2.45) is 11.7 Å². The predicted octanol–water partition coefficient (Wildman–Crippen LogP) is 1.78. The molecule has 1 aromatic carbocycles. The second-order valence-electron chi connectivity index (χ2n) is 6.86. The molecule has 2 rings (SSSR count). The number of fused-ring (bicyclic) bond motifs is 1. The van der Waals surface area contributed by atoms with E-state index in [9.17, 15) is 9.59 Å². The van der Waals surface area contributed by atoms with Crippen molar-refractivity contribution in [2.75, 3.05) is 0 Å². The molecule has 142 valence electrons. The number of rotatable bonds is 6. The first-order valence-corrected chi connectivity index (χ1v) is 8.75. The molecule has 2 atom stereocenters. The third-order valence-corrected chi connectivity index (χ3v) is 4.09. The van der Waals surface area contributed by atoms with E-state index in [0.29, 0.717) is 19.0 Å². The van der Waals surface area contributed by atoms with E-state index in [1.807, 2.05) is 18.9 Å². The lowest BCUT2D eigenvalue weighted by Gasteiger charge is -2.19. The second-order valence-corrected chi connectivity index (χ2v) is 6.86. The molecule has 1 aliphatic heterocycles. The number of nitrogens with zero attached hydrogens (tertiary/aromatic N) is 1.